The third kappa shape index (κ3) is 5.07. The number of para-hydroxylation sites is 1. The minimum Gasteiger partial charge on any atom is -0.496 e. The van der Waals surface area contributed by atoms with Crippen LogP contribution in [-0.2, 0) is 13.1 Å². The number of anilines is 1. The summed E-state index contributed by atoms with van der Waals surface area (Å²) in [4.78, 5) is 21.2. The van der Waals surface area contributed by atoms with Crippen LogP contribution in [0.3, 0.4) is 0 Å². The molecule has 1 amide bonds. The summed E-state index contributed by atoms with van der Waals surface area (Å²) in [5.41, 5.74) is 3.55. The van der Waals surface area contributed by atoms with Crippen LogP contribution in [0.15, 0.2) is 54.6 Å². The number of rotatable bonds is 7. The maximum absolute atomic E-state index is 12.5. The molecular weight excluding hydrogens is 352 g/mol. The molecule has 0 aliphatic heterocycles. The highest BCUT2D eigenvalue weighted by atomic mass is 16.5. The molecule has 0 bridgehead atoms. The number of nitrogens with zero attached hydrogens (tertiary/aromatic N) is 2. The molecule has 0 fully saturated rings. The van der Waals surface area contributed by atoms with Crippen molar-refractivity contribution < 1.29 is 9.53 Å². The summed E-state index contributed by atoms with van der Waals surface area (Å²) in [6, 6.07) is 17.5. The van der Waals surface area contributed by atoms with E-state index >= 15 is 0 Å². The van der Waals surface area contributed by atoms with E-state index in [1.807, 2.05) is 55.5 Å². The third-order valence-corrected chi connectivity index (χ3v) is 4.26. The van der Waals surface area contributed by atoms with Gasteiger partial charge in [0, 0.05) is 24.7 Å². The average Bonchev–Trinajstić information content (AvgIpc) is 2.70. The van der Waals surface area contributed by atoms with Crippen molar-refractivity contribution in [3.8, 4) is 5.75 Å². The smallest absolute Gasteiger partial charge is 0.270 e. The Labute approximate surface area is 165 Å². The minimum atomic E-state index is -0.229. The van der Waals surface area contributed by atoms with E-state index in [0.29, 0.717) is 30.4 Å². The van der Waals surface area contributed by atoms with Crippen molar-refractivity contribution >= 4 is 11.7 Å². The Balaban J connectivity index is 1.67. The van der Waals surface area contributed by atoms with Gasteiger partial charge in [0.1, 0.15) is 23.1 Å². The van der Waals surface area contributed by atoms with Gasteiger partial charge in [-0.25, -0.2) is 9.97 Å². The van der Waals surface area contributed by atoms with Crippen molar-refractivity contribution in [2.45, 2.75) is 26.9 Å². The van der Waals surface area contributed by atoms with Crippen molar-refractivity contribution in [3.63, 3.8) is 0 Å². The molecule has 1 heterocycles. The number of hydrogen-bond acceptors (Lipinski definition) is 5. The number of nitrogens with one attached hydrogen (secondary N) is 2. The second-order valence-corrected chi connectivity index (χ2v) is 6.52. The maximum atomic E-state index is 12.5. The molecule has 0 saturated carbocycles. The molecule has 0 aliphatic carbocycles. The molecule has 2 aromatic carbocycles. The van der Waals surface area contributed by atoms with Gasteiger partial charge in [-0.3, -0.25) is 4.79 Å². The Kier molecular flexibility index (Phi) is 6.22. The molecule has 144 valence electrons. The zero-order valence-corrected chi connectivity index (χ0v) is 16.3. The fraction of sp³-hybridized carbons (Fsp3) is 0.227. The van der Waals surface area contributed by atoms with Crippen LogP contribution in [0.5, 0.6) is 5.75 Å². The highest BCUT2D eigenvalue weighted by Crippen LogP contribution is 2.18. The fourth-order valence-electron chi connectivity index (χ4n) is 2.90. The van der Waals surface area contributed by atoms with Gasteiger partial charge in [-0.15, -0.1) is 0 Å². The van der Waals surface area contributed by atoms with Gasteiger partial charge in [-0.1, -0.05) is 48.0 Å². The van der Waals surface area contributed by atoms with Crippen molar-refractivity contribution in [1.82, 2.24) is 15.3 Å². The lowest BCUT2D eigenvalue weighted by atomic mass is 10.1. The number of aryl methyl sites for hydroxylation is 2. The van der Waals surface area contributed by atoms with Crippen LogP contribution in [0.25, 0.3) is 0 Å². The molecule has 0 radical (unpaired) electrons. The second-order valence-electron chi connectivity index (χ2n) is 6.52. The number of amides is 1. The van der Waals surface area contributed by atoms with Crippen LogP contribution >= 0.6 is 0 Å². The van der Waals surface area contributed by atoms with E-state index in [4.69, 9.17) is 4.74 Å². The Morgan fingerprint density at radius 1 is 1.00 bits per heavy atom. The van der Waals surface area contributed by atoms with E-state index in [9.17, 15) is 4.79 Å². The van der Waals surface area contributed by atoms with E-state index < -0.39 is 0 Å². The van der Waals surface area contributed by atoms with Crippen LogP contribution < -0.4 is 15.4 Å². The predicted molar refractivity (Wildman–Crippen MR) is 109 cm³/mol. The number of carbonyl (C=O) groups is 1. The van der Waals surface area contributed by atoms with E-state index in [1.54, 1.807) is 20.1 Å². The molecule has 0 unspecified atom stereocenters. The topological polar surface area (TPSA) is 76.1 Å². The first-order valence-electron chi connectivity index (χ1n) is 9.10. The summed E-state index contributed by atoms with van der Waals surface area (Å²) in [5, 5.41) is 6.15. The molecule has 6 nitrogen and oxygen atoms in total. The fourth-order valence-corrected chi connectivity index (χ4v) is 2.90. The molecule has 1 aromatic heterocycles. The van der Waals surface area contributed by atoms with Gasteiger partial charge < -0.3 is 15.4 Å². The summed E-state index contributed by atoms with van der Waals surface area (Å²) in [6.07, 6.45) is 0. The lowest BCUT2D eigenvalue weighted by Gasteiger charge is -2.11. The van der Waals surface area contributed by atoms with Gasteiger partial charge in [0.2, 0.25) is 0 Å². The molecule has 3 aromatic rings. The highest BCUT2D eigenvalue weighted by molar-refractivity contribution is 5.92. The SMILES string of the molecule is COc1ccccc1CNc1cc(C(=O)NCc2cccc(C)c2)nc(C)n1. The zero-order chi connectivity index (χ0) is 19.9. The average molecular weight is 376 g/mol. The third-order valence-electron chi connectivity index (χ3n) is 4.26. The van der Waals surface area contributed by atoms with Crippen molar-refractivity contribution in [1.29, 1.82) is 0 Å². The molecule has 3 rings (SSSR count). The number of aromatic nitrogens is 2. The number of hydrogen-bond donors (Lipinski definition) is 2. The molecule has 2 N–H and O–H groups in total. The zero-order valence-electron chi connectivity index (χ0n) is 16.3. The standard InChI is InChI=1S/C22H24N4O2/c1-15-7-6-8-17(11-15)13-24-22(27)19-12-21(26-16(2)25-19)23-14-18-9-4-5-10-20(18)28-3/h4-12H,13-14H2,1-3H3,(H,24,27)(H,23,25,26). The monoisotopic (exact) mass is 376 g/mol. The van der Waals surface area contributed by atoms with Gasteiger partial charge in [-0.2, -0.15) is 0 Å². The van der Waals surface area contributed by atoms with Crippen molar-refractivity contribution in [2.75, 3.05) is 12.4 Å². The molecule has 0 atom stereocenters. The summed E-state index contributed by atoms with van der Waals surface area (Å²) in [5.74, 6) is 1.70. The Morgan fingerprint density at radius 3 is 2.61 bits per heavy atom. The Bertz CT molecular complexity index is 972. The van der Waals surface area contributed by atoms with Gasteiger partial charge in [-0.05, 0) is 25.5 Å². The van der Waals surface area contributed by atoms with E-state index in [2.05, 4.69) is 20.6 Å². The Hall–Kier alpha value is -3.41. The van der Waals surface area contributed by atoms with Gasteiger partial charge in [0.05, 0.1) is 7.11 Å². The number of methoxy groups -OCH3 is 1. The molecule has 28 heavy (non-hydrogen) atoms. The van der Waals surface area contributed by atoms with Gasteiger partial charge in [0.25, 0.3) is 5.91 Å². The summed E-state index contributed by atoms with van der Waals surface area (Å²) >= 11 is 0. The predicted octanol–water partition coefficient (Wildman–Crippen LogP) is 3.64. The minimum absolute atomic E-state index is 0.229. The van der Waals surface area contributed by atoms with Crippen molar-refractivity contribution in [3.05, 3.63) is 82.8 Å². The first kappa shape index (κ1) is 19.4. The van der Waals surface area contributed by atoms with E-state index in [-0.39, 0.29) is 5.91 Å². The molecule has 0 saturated heterocycles. The van der Waals surface area contributed by atoms with Crippen LogP contribution in [0.2, 0.25) is 0 Å². The maximum Gasteiger partial charge on any atom is 0.270 e. The molecule has 6 heteroatoms. The second kappa shape index (κ2) is 8.99. The first-order valence-corrected chi connectivity index (χ1v) is 9.10. The number of ether oxygens (including phenoxy) is 1. The van der Waals surface area contributed by atoms with Gasteiger partial charge >= 0.3 is 0 Å². The van der Waals surface area contributed by atoms with E-state index in [1.165, 1.54) is 0 Å². The van der Waals surface area contributed by atoms with Crippen LogP contribution in [0.1, 0.15) is 33.0 Å². The summed E-state index contributed by atoms with van der Waals surface area (Å²) in [6.45, 7) is 4.78. The van der Waals surface area contributed by atoms with Crippen LogP contribution in [0, 0.1) is 13.8 Å². The summed E-state index contributed by atoms with van der Waals surface area (Å²) in [7, 11) is 1.64. The molecule has 0 spiro atoms. The lowest BCUT2D eigenvalue weighted by molar-refractivity contribution is 0.0945. The largest absolute Gasteiger partial charge is 0.496 e. The Morgan fingerprint density at radius 2 is 1.82 bits per heavy atom. The number of benzene rings is 2. The summed E-state index contributed by atoms with van der Waals surface area (Å²) < 4.78 is 5.36. The lowest BCUT2D eigenvalue weighted by Crippen LogP contribution is -2.24. The first-order chi connectivity index (χ1) is 13.5. The normalized spacial score (nSPS) is 10.4. The van der Waals surface area contributed by atoms with Crippen LogP contribution in [0.4, 0.5) is 5.82 Å². The van der Waals surface area contributed by atoms with E-state index in [0.717, 1.165) is 22.4 Å². The van der Waals surface area contributed by atoms with Crippen LogP contribution in [-0.4, -0.2) is 23.0 Å². The van der Waals surface area contributed by atoms with Gasteiger partial charge in [0.15, 0.2) is 0 Å². The molecule has 0 aliphatic rings. The quantitative estimate of drug-likeness (QED) is 0.658. The van der Waals surface area contributed by atoms with Crippen molar-refractivity contribution in [2.24, 2.45) is 0 Å². The number of carbonyl (C=O) groups excluding carboxylic acids is 1. The molecular formula is C22H24N4O2. The highest BCUT2D eigenvalue weighted by Gasteiger charge is 2.11.